The summed E-state index contributed by atoms with van der Waals surface area (Å²) < 4.78 is 1.30. The smallest absolute Gasteiger partial charge is 0.150 e. The fourth-order valence-electron chi connectivity index (χ4n) is 2.00. The minimum Gasteiger partial charge on any atom is -0.298 e. The Balaban J connectivity index is 1.90. The predicted octanol–water partition coefficient (Wildman–Crippen LogP) is 4.88. The van der Waals surface area contributed by atoms with E-state index in [9.17, 15) is 4.79 Å². The summed E-state index contributed by atoms with van der Waals surface area (Å²) in [6.07, 6.45) is 5.00. The molecule has 1 heterocycles. The number of fused-ring (bicyclic) bond motifs is 1. The molecule has 19 heavy (non-hydrogen) atoms. The molecule has 0 aliphatic rings. The van der Waals surface area contributed by atoms with E-state index in [1.54, 1.807) is 11.3 Å². The SMILES string of the molecule is O=Cc1cccc(/C=C/c2cc3ccccc3s2)c1. The van der Waals surface area contributed by atoms with Crippen LogP contribution in [0.4, 0.5) is 0 Å². The third-order valence-electron chi connectivity index (χ3n) is 2.93. The van der Waals surface area contributed by atoms with Crippen molar-refractivity contribution in [1.82, 2.24) is 0 Å². The highest BCUT2D eigenvalue weighted by Gasteiger charge is 1.97. The molecule has 3 rings (SSSR count). The molecule has 0 aliphatic carbocycles. The maximum absolute atomic E-state index is 10.7. The molecule has 2 heteroatoms. The van der Waals surface area contributed by atoms with E-state index in [0.717, 1.165) is 11.8 Å². The summed E-state index contributed by atoms with van der Waals surface area (Å²) >= 11 is 1.77. The van der Waals surface area contributed by atoms with Gasteiger partial charge in [0, 0.05) is 15.1 Å². The zero-order chi connectivity index (χ0) is 13.1. The van der Waals surface area contributed by atoms with Gasteiger partial charge in [0.1, 0.15) is 6.29 Å². The monoisotopic (exact) mass is 264 g/mol. The zero-order valence-electron chi connectivity index (χ0n) is 10.2. The van der Waals surface area contributed by atoms with Gasteiger partial charge in [-0.15, -0.1) is 11.3 Å². The van der Waals surface area contributed by atoms with Crippen LogP contribution in [0.1, 0.15) is 20.8 Å². The minimum absolute atomic E-state index is 0.707. The summed E-state index contributed by atoms with van der Waals surface area (Å²) in [7, 11) is 0. The molecule has 0 spiro atoms. The van der Waals surface area contributed by atoms with Gasteiger partial charge in [-0.3, -0.25) is 4.79 Å². The summed E-state index contributed by atoms with van der Waals surface area (Å²) in [5.74, 6) is 0. The van der Waals surface area contributed by atoms with Gasteiger partial charge in [0.2, 0.25) is 0 Å². The highest BCUT2D eigenvalue weighted by Crippen LogP contribution is 2.26. The van der Waals surface area contributed by atoms with Crippen LogP contribution in [-0.2, 0) is 0 Å². The van der Waals surface area contributed by atoms with Crippen LogP contribution in [0.5, 0.6) is 0 Å². The second-order valence-electron chi connectivity index (χ2n) is 4.31. The first-order chi connectivity index (χ1) is 9.35. The lowest BCUT2D eigenvalue weighted by Gasteiger charge is -1.93. The number of thiophene rings is 1. The third kappa shape index (κ3) is 2.64. The van der Waals surface area contributed by atoms with Crippen LogP contribution < -0.4 is 0 Å². The van der Waals surface area contributed by atoms with Gasteiger partial charge in [-0.05, 0) is 35.2 Å². The van der Waals surface area contributed by atoms with Gasteiger partial charge in [-0.1, -0.05) is 42.5 Å². The molecular weight excluding hydrogens is 252 g/mol. The maximum Gasteiger partial charge on any atom is 0.150 e. The molecule has 0 saturated carbocycles. The van der Waals surface area contributed by atoms with Crippen molar-refractivity contribution in [3.8, 4) is 0 Å². The lowest BCUT2D eigenvalue weighted by molar-refractivity contribution is 0.112. The Morgan fingerprint density at radius 3 is 2.53 bits per heavy atom. The Morgan fingerprint density at radius 2 is 1.68 bits per heavy atom. The second-order valence-corrected chi connectivity index (χ2v) is 5.42. The number of hydrogen-bond acceptors (Lipinski definition) is 2. The average molecular weight is 264 g/mol. The largest absolute Gasteiger partial charge is 0.298 e. The standard InChI is InChI=1S/C17H12OS/c18-12-14-5-3-4-13(10-14)8-9-16-11-15-6-1-2-7-17(15)19-16/h1-12H/b9-8+. The van der Waals surface area contributed by atoms with E-state index in [2.05, 4.69) is 36.4 Å². The molecule has 92 valence electrons. The molecule has 0 atom stereocenters. The average Bonchev–Trinajstić information content (AvgIpc) is 2.88. The molecule has 0 N–H and O–H groups in total. The van der Waals surface area contributed by atoms with Gasteiger partial charge in [0.15, 0.2) is 0 Å². The summed E-state index contributed by atoms with van der Waals surface area (Å²) in [5, 5.41) is 1.27. The van der Waals surface area contributed by atoms with Crippen LogP contribution >= 0.6 is 11.3 Å². The summed E-state index contributed by atoms with van der Waals surface area (Å²) in [4.78, 5) is 11.9. The van der Waals surface area contributed by atoms with Crippen LogP contribution in [0.3, 0.4) is 0 Å². The fourth-order valence-corrected chi connectivity index (χ4v) is 2.97. The molecule has 1 aromatic heterocycles. The van der Waals surface area contributed by atoms with Crippen LogP contribution in [0, 0.1) is 0 Å². The first-order valence-electron chi connectivity index (χ1n) is 6.07. The zero-order valence-corrected chi connectivity index (χ0v) is 11.1. The summed E-state index contributed by atoms with van der Waals surface area (Å²) in [6, 6.07) is 18.1. The van der Waals surface area contributed by atoms with Crippen LogP contribution in [-0.4, -0.2) is 6.29 Å². The summed E-state index contributed by atoms with van der Waals surface area (Å²) in [6.45, 7) is 0. The molecular formula is C17H12OS. The van der Waals surface area contributed by atoms with E-state index in [-0.39, 0.29) is 0 Å². The highest BCUT2D eigenvalue weighted by atomic mass is 32.1. The van der Waals surface area contributed by atoms with E-state index in [1.807, 2.05) is 30.3 Å². The molecule has 0 saturated heterocycles. The number of aldehydes is 1. The molecule has 0 amide bonds. The van der Waals surface area contributed by atoms with Crippen molar-refractivity contribution in [2.45, 2.75) is 0 Å². The van der Waals surface area contributed by atoms with E-state index in [0.29, 0.717) is 5.56 Å². The number of carbonyl (C=O) groups excluding carboxylic acids is 1. The second kappa shape index (κ2) is 5.21. The fraction of sp³-hybridized carbons (Fsp3) is 0. The molecule has 0 unspecified atom stereocenters. The molecule has 0 fully saturated rings. The van der Waals surface area contributed by atoms with E-state index in [1.165, 1.54) is 15.0 Å². The van der Waals surface area contributed by atoms with Crippen molar-refractivity contribution in [3.05, 3.63) is 70.6 Å². The Morgan fingerprint density at radius 1 is 0.842 bits per heavy atom. The van der Waals surface area contributed by atoms with Gasteiger partial charge >= 0.3 is 0 Å². The molecule has 1 nitrogen and oxygen atoms in total. The Bertz CT molecular complexity index is 720. The van der Waals surface area contributed by atoms with Gasteiger partial charge < -0.3 is 0 Å². The van der Waals surface area contributed by atoms with Crippen LogP contribution in [0.2, 0.25) is 0 Å². The first kappa shape index (κ1) is 11.9. The predicted molar refractivity (Wildman–Crippen MR) is 82.6 cm³/mol. The van der Waals surface area contributed by atoms with Crippen molar-refractivity contribution in [2.75, 3.05) is 0 Å². The normalized spacial score (nSPS) is 11.2. The number of hydrogen-bond donors (Lipinski definition) is 0. The lowest BCUT2D eigenvalue weighted by Crippen LogP contribution is -1.79. The van der Waals surface area contributed by atoms with Crippen molar-refractivity contribution >= 4 is 39.9 Å². The number of benzene rings is 2. The lowest BCUT2D eigenvalue weighted by atomic mass is 10.1. The molecule has 0 aliphatic heterocycles. The van der Waals surface area contributed by atoms with E-state index in [4.69, 9.17) is 0 Å². The van der Waals surface area contributed by atoms with E-state index >= 15 is 0 Å². The van der Waals surface area contributed by atoms with Gasteiger partial charge in [0.05, 0.1) is 0 Å². The van der Waals surface area contributed by atoms with Gasteiger partial charge in [-0.25, -0.2) is 0 Å². The van der Waals surface area contributed by atoms with Crippen LogP contribution in [0.25, 0.3) is 22.2 Å². The summed E-state index contributed by atoms with van der Waals surface area (Å²) in [5.41, 5.74) is 1.75. The van der Waals surface area contributed by atoms with Gasteiger partial charge in [0.25, 0.3) is 0 Å². The first-order valence-corrected chi connectivity index (χ1v) is 6.89. The van der Waals surface area contributed by atoms with Gasteiger partial charge in [-0.2, -0.15) is 0 Å². The Kier molecular flexibility index (Phi) is 3.25. The molecule has 2 aromatic carbocycles. The van der Waals surface area contributed by atoms with Crippen LogP contribution in [0.15, 0.2) is 54.6 Å². The molecule has 0 radical (unpaired) electrons. The highest BCUT2D eigenvalue weighted by molar-refractivity contribution is 7.19. The topological polar surface area (TPSA) is 17.1 Å². The number of carbonyl (C=O) groups is 1. The third-order valence-corrected chi connectivity index (χ3v) is 4.01. The minimum atomic E-state index is 0.707. The Hall–Kier alpha value is -2.19. The van der Waals surface area contributed by atoms with E-state index < -0.39 is 0 Å². The molecule has 0 bridgehead atoms. The van der Waals surface area contributed by atoms with Crippen molar-refractivity contribution < 1.29 is 4.79 Å². The van der Waals surface area contributed by atoms with Crippen molar-refractivity contribution in [2.24, 2.45) is 0 Å². The Labute approximate surface area is 115 Å². The molecule has 3 aromatic rings. The number of rotatable bonds is 3. The van der Waals surface area contributed by atoms with Crippen molar-refractivity contribution in [1.29, 1.82) is 0 Å². The quantitative estimate of drug-likeness (QED) is 0.616. The van der Waals surface area contributed by atoms with Crippen molar-refractivity contribution in [3.63, 3.8) is 0 Å². The maximum atomic E-state index is 10.7.